The topological polar surface area (TPSA) is 58.1 Å². The summed E-state index contributed by atoms with van der Waals surface area (Å²) in [6.07, 6.45) is 7.84. The quantitative estimate of drug-likeness (QED) is 0.424. The Morgan fingerprint density at radius 3 is 2.61 bits per heavy atom. The summed E-state index contributed by atoms with van der Waals surface area (Å²) in [5.41, 5.74) is 4.29. The molecule has 1 fully saturated rings. The summed E-state index contributed by atoms with van der Waals surface area (Å²) in [6, 6.07) is 14.9. The molecule has 170 valence electrons. The number of hydrogen-bond acceptors (Lipinski definition) is 4. The van der Waals surface area contributed by atoms with Crippen molar-refractivity contribution in [2.24, 2.45) is 0 Å². The fourth-order valence-corrected chi connectivity index (χ4v) is 4.33. The maximum atomic E-state index is 12.7. The lowest BCUT2D eigenvalue weighted by Gasteiger charge is -2.31. The van der Waals surface area contributed by atoms with E-state index in [1.54, 1.807) is 12.1 Å². The number of amides is 1. The number of likely N-dealkylation sites (tertiary alicyclic amines) is 1. The first kappa shape index (κ1) is 23.4. The molecule has 1 aromatic carbocycles. The molecular weight excluding hydrogens is 455 g/mol. The fraction of sp³-hybridized carbons (Fsp3) is 0.269. The summed E-state index contributed by atoms with van der Waals surface area (Å²) >= 11 is 11.9. The van der Waals surface area contributed by atoms with Crippen molar-refractivity contribution in [1.82, 2.24) is 14.9 Å². The van der Waals surface area contributed by atoms with Crippen LogP contribution in [-0.4, -0.2) is 40.4 Å². The Kier molecular flexibility index (Phi) is 7.76. The molecule has 0 atom stereocenters. The maximum Gasteiger partial charge on any atom is 0.255 e. The number of hydrogen-bond donors (Lipinski definition) is 1. The van der Waals surface area contributed by atoms with Gasteiger partial charge in [-0.3, -0.25) is 14.7 Å². The number of rotatable bonds is 6. The number of anilines is 1. The predicted octanol–water partition coefficient (Wildman–Crippen LogP) is 6.24. The van der Waals surface area contributed by atoms with Gasteiger partial charge in [-0.2, -0.15) is 0 Å². The van der Waals surface area contributed by atoms with E-state index in [1.165, 1.54) is 6.20 Å². The van der Waals surface area contributed by atoms with Gasteiger partial charge in [-0.05, 0) is 74.8 Å². The Hall–Kier alpha value is -2.73. The Balaban J connectivity index is 1.38. The normalized spacial score (nSPS) is 15.1. The summed E-state index contributed by atoms with van der Waals surface area (Å²) in [6.45, 7) is 4.86. The van der Waals surface area contributed by atoms with Crippen LogP contribution in [0.3, 0.4) is 0 Å². The minimum atomic E-state index is -0.212. The number of halogens is 2. The Morgan fingerprint density at radius 2 is 1.88 bits per heavy atom. The zero-order valence-corrected chi connectivity index (χ0v) is 20.0. The lowest BCUT2D eigenvalue weighted by Crippen LogP contribution is -2.33. The third-order valence-electron chi connectivity index (χ3n) is 5.82. The molecule has 3 heterocycles. The van der Waals surface area contributed by atoms with E-state index in [0.717, 1.165) is 60.1 Å². The van der Waals surface area contributed by atoms with Crippen LogP contribution in [0.2, 0.25) is 10.2 Å². The molecule has 1 N–H and O–H groups in total. The zero-order valence-electron chi connectivity index (χ0n) is 18.5. The van der Waals surface area contributed by atoms with Gasteiger partial charge in [-0.15, -0.1) is 0 Å². The molecule has 0 bridgehead atoms. The smallest absolute Gasteiger partial charge is 0.255 e. The molecule has 0 unspecified atom stereocenters. The predicted molar refractivity (Wildman–Crippen MR) is 135 cm³/mol. The molecular formula is C26H26Cl2N4O. The van der Waals surface area contributed by atoms with Crippen LogP contribution in [0.15, 0.2) is 60.8 Å². The summed E-state index contributed by atoms with van der Waals surface area (Å²) in [5.74, 6) is 0.0914. The number of piperidine rings is 1. The monoisotopic (exact) mass is 480 g/mol. The highest BCUT2D eigenvalue weighted by atomic mass is 35.5. The van der Waals surface area contributed by atoms with Crippen molar-refractivity contribution >= 4 is 40.9 Å². The lowest BCUT2D eigenvalue weighted by molar-refractivity contribution is 0.102. The number of nitrogens with zero attached hydrogens (tertiary/aromatic N) is 3. The molecule has 5 nitrogen and oxygen atoms in total. The Morgan fingerprint density at radius 1 is 1.12 bits per heavy atom. The number of benzene rings is 1. The van der Waals surface area contributed by atoms with Crippen molar-refractivity contribution in [2.75, 3.05) is 25.0 Å². The van der Waals surface area contributed by atoms with E-state index in [0.29, 0.717) is 16.6 Å². The summed E-state index contributed by atoms with van der Waals surface area (Å²) in [4.78, 5) is 23.9. The van der Waals surface area contributed by atoms with Gasteiger partial charge in [-0.25, -0.2) is 4.98 Å². The molecule has 0 aliphatic carbocycles. The molecule has 0 spiro atoms. The SMILES string of the molecule is Cc1ccc(NC(=O)c2ccnc(Cl)c2)c(C2CCN(C/C=C/c3ccc(Cl)cc3)CC2)n1. The van der Waals surface area contributed by atoms with E-state index in [1.807, 2.05) is 43.3 Å². The molecule has 7 heteroatoms. The van der Waals surface area contributed by atoms with Crippen molar-refractivity contribution < 1.29 is 4.79 Å². The molecule has 1 saturated heterocycles. The number of pyridine rings is 2. The van der Waals surface area contributed by atoms with Crippen LogP contribution in [0.25, 0.3) is 6.08 Å². The van der Waals surface area contributed by atoms with Crippen molar-refractivity contribution in [3.05, 3.63) is 93.5 Å². The van der Waals surface area contributed by atoms with Crippen LogP contribution in [0.4, 0.5) is 5.69 Å². The van der Waals surface area contributed by atoms with E-state index >= 15 is 0 Å². The van der Waals surface area contributed by atoms with Crippen LogP contribution in [-0.2, 0) is 0 Å². The first-order valence-electron chi connectivity index (χ1n) is 11.0. The first-order valence-corrected chi connectivity index (χ1v) is 11.8. The van der Waals surface area contributed by atoms with Gasteiger partial charge in [0.1, 0.15) is 5.15 Å². The van der Waals surface area contributed by atoms with Crippen LogP contribution in [0, 0.1) is 6.92 Å². The second-order valence-electron chi connectivity index (χ2n) is 8.24. The molecule has 1 aliphatic heterocycles. The molecule has 2 aromatic heterocycles. The third kappa shape index (κ3) is 6.41. The van der Waals surface area contributed by atoms with Crippen molar-refractivity contribution in [3.8, 4) is 0 Å². The van der Waals surface area contributed by atoms with Gasteiger partial charge in [0.05, 0.1) is 11.4 Å². The molecule has 0 saturated carbocycles. The maximum absolute atomic E-state index is 12.7. The zero-order chi connectivity index (χ0) is 23.2. The second kappa shape index (κ2) is 10.9. The van der Waals surface area contributed by atoms with Gasteiger partial charge in [0, 0.05) is 34.9 Å². The average Bonchev–Trinajstić information content (AvgIpc) is 2.82. The molecule has 4 rings (SSSR count). The number of aromatic nitrogens is 2. The van der Waals surface area contributed by atoms with Crippen LogP contribution in [0.1, 0.15) is 46.1 Å². The fourth-order valence-electron chi connectivity index (χ4n) is 4.03. The first-order chi connectivity index (χ1) is 16.0. The van der Waals surface area contributed by atoms with Gasteiger partial charge in [0.25, 0.3) is 5.91 Å². The van der Waals surface area contributed by atoms with E-state index in [4.69, 9.17) is 28.2 Å². The van der Waals surface area contributed by atoms with Crippen molar-refractivity contribution in [3.63, 3.8) is 0 Å². The van der Waals surface area contributed by atoms with Crippen molar-refractivity contribution in [2.45, 2.75) is 25.7 Å². The van der Waals surface area contributed by atoms with Crippen LogP contribution in [0.5, 0.6) is 0 Å². The van der Waals surface area contributed by atoms with E-state index in [-0.39, 0.29) is 5.91 Å². The minimum Gasteiger partial charge on any atom is -0.320 e. The number of carbonyl (C=O) groups is 1. The minimum absolute atomic E-state index is 0.212. The van der Waals surface area contributed by atoms with Gasteiger partial charge in [0.15, 0.2) is 0 Å². The third-order valence-corrected chi connectivity index (χ3v) is 6.28. The second-order valence-corrected chi connectivity index (χ2v) is 9.06. The van der Waals surface area contributed by atoms with Gasteiger partial charge in [-0.1, -0.05) is 47.5 Å². The van der Waals surface area contributed by atoms with E-state index in [2.05, 4.69) is 27.4 Å². The highest BCUT2D eigenvalue weighted by Gasteiger charge is 2.24. The van der Waals surface area contributed by atoms with Gasteiger partial charge in [0.2, 0.25) is 0 Å². The highest BCUT2D eigenvalue weighted by Crippen LogP contribution is 2.32. The largest absolute Gasteiger partial charge is 0.320 e. The van der Waals surface area contributed by atoms with Crippen LogP contribution < -0.4 is 5.32 Å². The lowest BCUT2D eigenvalue weighted by atomic mass is 9.91. The molecule has 33 heavy (non-hydrogen) atoms. The number of aryl methyl sites for hydroxylation is 1. The molecule has 1 amide bonds. The number of nitrogens with one attached hydrogen (secondary N) is 1. The summed E-state index contributed by atoms with van der Waals surface area (Å²) in [7, 11) is 0. The van der Waals surface area contributed by atoms with Gasteiger partial charge >= 0.3 is 0 Å². The summed E-state index contributed by atoms with van der Waals surface area (Å²) < 4.78 is 0. The van der Waals surface area contributed by atoms with Crippen molar-refractivity contribution in [1.29, 1.82) is 0 Å². The Labute approximate surface area is 204 Å². The van der Waals surface area contributed by atoms with Crippen LogP contribution >= 0.6 is 23.2 Å². The molecule has 0 radical (unpaired) electrons. The van der Waals surface area contributed by atoms with E-state index in [9.17, 15) is 4.79 Å². The standard InChI is InChI=1S/C26H26Cl2N4O/c1-18-4-9-23(31-26(33)21-10-13-29-24(28)17-21)25(30-18)20-11-15-32(16-12-20)14-2-3-19-5-7-22(27)8-6-19/h2-10,13,17,20H,11-12,14-16H2,1H3,(H,31,33)/b3-2+. The highest BCUT2D eigenvalue weighted by molar-refractivity contribution is 6.30. The van der Waals surface area contributed by atoms with Gasteiger partial charge < -0.3 is 5.32 Å². The van der Waals surface area contributed by atoms with E-state index < -0.39 is 0 Å². The summed E-state index contributed by atoms with van der Waals surface area (Å²) in [5, 5.41) is 4.07. The average molecular weight is 481 g/mol. The Bertz CT molecular complexity index is 1140. The molecule has 1 aliphatic rings. The molecule has 3 aromatic rings. The number of carbonyl (C=O) groups excluding carboxylic acids is 1.